The molecule has 3 heteroatoms. The van der Waals surface area contributed by atoms with Crippen LogP contribution >= 0.6 is 0 Å². The van der Waals surface area contributed by atoms with Crippen molar-refractivity contribution < 1.29 is 0 Å². The van der Waals surface area contributed by atoms with Gasteiger partial charge in [-0.15, -0.1) is 0 Å². The molecular weight excluding hydrogens is 222 g/mol. The number of likely N-dealkylation sites (N-methyl/N-ethyl adjacent to an activating group) is 1. The molecule has 0 spiro atoms. The molecule has 0 saturated carbocycles. The topological polar surface area (TPSA) is 32.5 Å². The Hall–Kier alpha value is -0.120. The highest BCUT2D eigenvalue weighted by Crippen LogP contribution is 2.30. The fourth-order valence-corrected chi connectivity index (χ4v) is 3.58. The van der Waals surface area contributed by atoms with E-state index in [1.165, 1.54) is 32.5 Å². The minimum Gasteiger partial charge on any atom is -0.327 e. The molecule has 0 aromatic carbocycles. The summed E-state index contributed by atoms with van der Waals surface area (Å²) in [6, 6.07) is 1.34. The number of rotatable bonds is 3. The zero-order chi connectivity index (χ0) is 13.9. The van der Waals surface area contributed by atoms with E-state index < -0.39 is 0 Å². The van der Waals surface area contributed by atoms with Crippen molar-refractivity contribution in [2.75, 3.05) is 26.7 Å². The normalized spacial score (nSPS) is 27.8. The van der Waals surface area contributed by atoms with Gasteiger partial charge < -0.3 is 10.6 Å². The first-order valence-electron chi connectivity index (χ1n) is 7.47. The largest absolute Gasteiger partial charge is 0.327 e. The Morgan fingerprint density at radius 1 is 1.28 bits per heavy atom. The molecule has 0 amide bonds. The molecule has 108 valence electrons. The summed E-state index contributed by atoms with van der Waals surface area (Å²) in [5, 5.41) is 0. The van der Waals surface area contributed by atoms with Crippen molar-refractivity contribution in [3.8, 4) is 0 Å². The fraction of sp³-hybridized carbons (Fsp3) is 1.00. The van der Waals surface area contributed by atoms with Crippen molar-refractivity contribution in [2.24, 2.45) is 11.1 Å². The summed E-state index contributed by atoms with van der Waals surface area (Å²) in [6.45, 7) is 15.0. The average Bonchev–Trinajstić information content (AvgIpc) is 2.38. The number of hydrogen-bond acceptors (Lipinski definition) is 3. The molecule has 3 atom stereocenters. The minimum atomic E-state index is 0.224. The lowest BCUT2D eigenvalue weighted by molar-refractivity contribution is 0.0436. The molecule has 1 aliphatic rings. The van der Waals surface area contributed by atoms with Gasteiger partial charge in [0.15, 0.2) is 0 Å². The predicted molar refractivity (Wildman–Crippen MR) is 79.8 cm³/mol. The maximum atomic E-state index is 6.30. The third-order valence-corrected chi connectivity index (χ3v) is 4.16. The summed E-state index contributed by atoms with van der Waals surface area (Å²) in [4.78, 5) is 5.16. The van der Waals surface area contributed by atoms with Crippen molar-refractivity contribution in [1.29, 1.82) is 0 Å². The van der Waals surface area contributed by atoms with Gasteiger partial charge >= 0.3 is 0 Å². The second kappa shape index (κ2) is 6.36. The first-order chi connectivity index (χ1) is 8.27. The number of nitrogens with zero attached hydrogens (tertiary/aromatic N) is 2. The van der Waals surface area contributed by atoms with Gasteiger partial charge in [0.1, 0.15) is 0 Å². The van der Waals surface area contributed by atoms with Gasteiger partial charge in [-0.3, -0.25) is 4.90 Å². The summed E-state index contributed by atoms with van der Waals surface area (Å²) in [7, 11) is 2.24. The molecule has 1 saturated heterocycles. The molecule has 3 unspecified atom stereocenters. The van der Waals surface area contributed by atoms with Crippen molar-refractivity contribution in [3.63, 3.8) is 0 Å². The Bertz CT molecular complexity index is 245. The van der Waals surface area contributed by atoms with Gasteiger partial charge in [0.25, 0.3) is 0 Å². The molecule has 0 bridgehead atoms. The van der Waals surface area contributed by atoms with Crippen LogP contribution in [0.4, 0.5) is 0 Å². The summed E-state index contributed by atoms with van der Waals surface area (Å²) >= 11 is 0. The van der Waals surface area contributed by atoms with E-state index in [0.717, 1.165) is 0 Å². The third kappa shape index (κ3) is 3.94. The molecule has 3 nitrogen and oxygen atoms in total. The SMILES string of the molecule is CCC1CN(C)CCCN1C(C(C)N)C(C)(C)C. The number of hydrogen-bond donors (Lipinski definition) is 1. The van der Waals surface area contributed by atoms with E-state index in [-0.39, 0.29) is 11.5 Å². The van der Waals surface area contributed by atoms with Crippen LogP contribution in [0, 0.1) is 5.41 Å². The summed E-state index contributed by atoms with van der Waals surface area (Å²) in [5.41, 5.74) is 6.54. The molecule has 18 heavy (non-hydrogen) atoms. The maximum Gasteiger partial charge on any atom is 0.0296 e. The second-order valence-electron chi connectivity index (χ2n) is 7.09. The van der Waals surface area contributed by atoms with Gasteiger partial charge in [0.05, 0.1) is 0 Å². The molecule has 1 fully saturated rings. The summed E-state index contributed by atoms with van der Waals surface area (Å²) in [5.74, 6) is 0. The third-order valence-electron chi connectivity index (χ3n) is 4.16. The Morgan fingerprint density at radius 2 is 1.89 bits per heavy atom. The van der Waals surface area contributed by atoms with E-state index in [0.29, 0.717) is 12.1 Å². The van der Waals surface area contributed by atoms with Crippen LogP contribution in [0.5, 0.6) is 0 Å². The highest BCUT2D eigenvalue weighted by molar-refractivity contribution is 4.93. The minimum absolute atomic E-state index is 0.224. The molecular formula is C15H33N3. The summed E-state index contributed by atoms with van der Waals surface area (Å²) in [6.07, 6.45) is 2.47. The van der Waals surface area contributed by atoms with Crippen LogP contribution in [0.25, 0.3) is 0 Å². The van der Waals surface area contributed by atoms with Crippen LogP contribution in [-0.4, -0.2) is 54.6 Å². The Kier molecular flexibility index (Phi) is 5.63. The number of nitrogens with two attached hydrogens (primary N) is 1. The molecule has 0 radical (unpaired) electrons. The van der Waals surface area contributed by atoms with Crippen LogP contribution in [0.3, 0.4) is 0 Å². The molecule has 0 aromatic heterocycles. The molecule has 1 heterocycles. The Morgan fingerprint density at radius 3 is 2.33 bits per heavy atom. The van der Waals surface area contributed by atoms with Crippen molar-refractivity contribution >= 4 is 0 Å². The monoisotopic (exact) mass is 255 g/mol. The van der Waals surface area contributed by atoms with Gasteiger partial charge in [0, 0.05) is 31.2 Å². The predicted octanol–water partition coefficient (Wildman–Crippen LogP) is 2.16. The van der Waals surface area contributed by atoms with Crippen LogP contribution in [0.2, 0.25) is 0 Å². The molecule has 0 aliphatic carbocycles. The summed E-state index contributed by atoms with van der Waals surface area (Å²) < 4.78 is 0. The van der Waals surface area contributed by atoms with E-state index in [4.69, 9.17) is 5.73 Å². The van der Waals surface area contributed by atoms with Crippen LogP contribution < -0.4 is 5.73 Å². The fourth-order valence-electron chi connectivity index (χ4n) is 3.58. The van der Waals surface area contributed by atoms with Gasteiger partial charge in [-0.25, -0.2) is 0 Å². The Labute approximate surface area is 114 Å². The second-order valence-corrected chi connectivity index (χ2v) is 7.09. The average molecular weight is 255 g/mol. The van der Waals surface area contributed by atoms with E-state index in [9.17, 15) is 0 Å². The highest BCUT2D eigenvalue weighted by atomic mass is 15.3. The zero-order valence-corrected chi connectivity index (χ0v) is 13.2. The quantitative estimate of drug-likeness (QED) is 0.839. The van der Waals surface area contributed by atoms with Crippen molar-refractivity contribution in [1.82, 2.24) is 9.80 Å². The lowest BCUT2D eigenvalue weighted by Crippen LogP contribution is -2.57. The van der Waals surface area contributed by atoms with Crippen molar-refractivity contribution in [2.45, 2.75) is 65.6 Å². The zero-order valence-electron chi connectivity index (χ0n) is 13.2. The molecule has 0 aromatic rings. The lowest BCUT2D eigenvalue weighted by Gasteiger charge is -2.46. The Balaban J connectivity index is 2.93. The lowest BCUT2D eigenvalue weighted by atomic mass is 9.81. The molecule has 1 aliphatic heterocycles. The van der Waals surface area contributed by atoms with Gasteiger partial charge in [-0.2, -0.15) is 0 Å². The van der Waals surface area contributed by atoms with Crippen LogP contribution in [-0.2, 0) is 0 Å². The maximum absolute atomic E-state index is 6.30. The van der Waals surface area contributed by atoms with Gasteiger partial charge in [-0.05, 0) is 38.8 Å². The van der Waals surface area contributed by atoms with Crippen LogP contribution in [0.15, 0.2) is 0 Å². The van der Waals surface area contributed by atoms with E-state index in [1.54, 1.807) is 0 Å². The standard InChI is InChI=1S/C15H33N3/c1-7-13-11-17(6)9-8-10-18(13)14(12(2)16)15(3,4)5/h12-14H,7-11,16H2,1-6H3. The smallest absolute Gasteiger partial charge is 0.0296 e. The van der Waals surface area contributed by atoms with E-state index >= 15 is 0 Å². The van der Waals surface area contributed by atoms with Crippen LogP contribution in [0.1, 0.15) is 47.5 Å². The molecule has 1 rings (SSSR count). The van der Waals surface area contributed by atoms with Crippen molar-refractivity contribution in [3.05, 3.63) is 0 Å². The van der Waals surface area contributed by atoms with E-state index in [2.05, 4.69) is 51.5 Å². The highest BCUT2D eigenvalue weighted by Gasteiger charge is 2.37. The first-order valence-corrected chi connectivity index (χ1v) is 7.47. The first kappa shape index (κ1) is 15.9. The molecule has 2 N–H and O–H groups in total. The van der Waals surface area contributed by atoms with Gasteiger partial charge in [0.2, 0.25) is 0 Å². The van der Waals surface area contributed by atoms with E-state index in [1.807, 2.05) is 0 Å². The van der Waals surface area contributed by atoms with Gasteiger partial charge in [-0.1, -0.05) is 27.7 Å².